The van der Waals surface area contributed by atoms with Gasteiger partial charge >= 0.3 is 17.8 Å². The monoisotopic (exact) mass is 510 g/mol. The highest BCUT2D eigenvalue weighted by Gasteiger charge is 2.29. The molecule has 1 N–H and O–H groups in total. The minimum atomic E-state index is -0.508. The molecule has 1 aliphatic heterocycles. The summed E-state index contributed by atoms with van der Waals surface area (Å²) in [7, 11) is 1.54. The average molecular weight is 511 g/mol. The predicted octanol–water partition coefficient (Wildman–Crippen LogP) is 2.90. The summed E-state index contributed by atoms with van der Waals surface area (Å²) in [6, 6.07) is 3.40. The van der Waals surface area contributed by atoms with Gasteiger partial charge in [0.25, 0.3) is 0 Å². The fourth-order valence-electron chi connectivity index (χ4n) is 3.98. The van der Waals surface area contributed by atoms with E-state index in [9.17, 15) is 14.4 Å². The molecule has 5 rings (SSSR count). The van der Waals surface area contributed by atoms with Crippen LogP contribution in [0.5, 0.6) is 5.88 Å². The van der Waals surface area contributed by atoms with E-state index in [2.05, 4.69) is 19.9 Å². The van der Waals surface area contributed by atoms with Crippen LogP contribution in [0, 0.1) is 0 Å². The van der Waals surface area contributed by atoms with Gasteiger partial charge in [0.15, 0.2) is 5.65 Å². The van der Waals surface area contributed by atoms with Crippen molar-refractivity contribution in [3.8, 4) is 5.88 Å². The number of aromatic amines is 1. The van der Waals surface area contributed by atoms with Crippen LogP contribution in [0.2, 0.25) is 0 Å². The van der Waals surface area contributed by atoms with Crippen molar-refractivity contribution in [2.24, 2.45) is 0 Å². The molecule has 13 nitrogen and oxygen atoms in total. The van der Waals surface area contributed by atoms with Crippen molar-refractivity contribution in [2.45, 2.75) is 45.3 Å². The third kappa shape index (κ3) is 6.05. The first-order valence-electron chi connectivity index (χ1n) is 11.8. The average Bonchev–Trinajstić information content (AvgIpc) is 3.64. The van der Waals surface area contributed by atoms with Gasteiger partial charge in [0.2, 0.25) is 5.88 Å². The Balaban J connectivity index is 0.000000222. The van der Waals surface area contributed by atoms with Gasteiger partial charge in [0.05, 0.1) is 12.6 Å². The number of carbonyl (C=O) groups is 2. The minimum absolute atomic E-state index is 0.0233. The molecule has 13 heteroatoms. The summed E-state index contributed by atoms with van der Waals surface area (Å²) >= 11 is 0. The van der Waals surface area contributed by atoms with Crippen LogP contribution >= 0.6 is 0 Å². The number of nitrogens with zero attached hydrogens (tertiary/aromatic N) is 7. The first-order chi connectivity index (χ1) is 17.7. The van der Waals surface area contributed by atoms with E-state index in [0.29, 0.717) is 37.5 Å². The number of imidazole rings is 3. The smallest absolute Gasteiger partial charge is 0.410 e. The van der Waals surface area contributed by atoms with Gasteiger partial charge in [-0.2, -0.15) is 4.98 Å². The molecule has 1 saturated heterocycles. The third-order valence-corrected chi connectivity index (χ3v) is 5.69. The van der Waals surface area contributed by atoms with Crippen LogP contribution < -0.4 is 10.4 Å². The number of nitrogens with one attached hydrogen (secondary N) is 1. The molecule has 1 fully saturated rings. The number of piperidine rings is 1. The second-order valence-electron chi connectivity index (χ2n) is 9.44. The molecule has 0 spiro atoms. The number of aromatic nitrogens is 7. The number of pyridine rings is 1. The lowest BCUT2D eigenvalue weighted by Crippen LogP contribution is -2.43. The van der Waals surface area contributed by atoms with Crippen LogP contribution in [0.25, 0.3) is 11.2 Å². The number of likely N-dealkylation sites (tertiary alicyclic amines) is 1. The molecule has 0 aliphatic carbocycles. The zero-order chi connectivity index (χ0) is 26.6. The first-order valence-corrected chi connectivity index (χ1v) is 11.8. The number of fused-ring (bicyclic) bond motifs is 1. The van der Waals surface area contributed by atoms with Gasteiger partial charge in [-0.3, -0.25) is 18.7 Å². The Hall–Kier alpha value is -4.42. The Morgan fingerprint density at radius 3 is 2.16 bits per heavy atom. The van der Waals surface area contributed by atoms with Crippen molar-refractivity contribution in [1.82, 2.24) is 38.5 Å². The van der Waals surface area contributed by atoms with E-state index in [1.807, 2.05) is 26.8 Å². The third-order valence-electron chi connectivity index (χ3n) is 5.69. The number of hydrogen-bond donors (Lipinski definition) is 1. The number of methoxy groups -OCH3 is 1. The van der Waals surface area contributed by atoms with Crippen molar-refractivity contribution in [1.29, 1.82) is 0 Å². The van der Waals surface area contributed by atoms with E-state index in [-0.39, 0.29) is 23.9 Å². The molecule has 0 radical (unpaired) electrons. The lowest BCUT2D eigenvalue weighted by atomic mass is 10.1. The van der Waals surface area contributed by atoms with Gasteiger partial charge in [-0.25, -0.2) is 24.4 Å². The van der Waals surface area contributed by atoms with Crippen molar-refractivity contribution < 1.29 is 19.1 Å². The maximum atomic E-state index is 12.4. The summed E-state index contributed by atoms with van der Waals surface area (Å²) in [6.45, 7) is 6.67. The second kappa shape index (κ2) is 10.7. The molecule has 5 heterocycles. The minimum Gasteiger partial charge on any atom is -0.481 e. The van der Waals surface area contributed by atoms with Crippen molar-refractivity contribution in [3.05, 3.63) is 60.1 Å². The molecule has 4 aromatic rings. The topological polar surface area (TPSA) is 142 Å². The molecule has 1 aliphatic rings. The van der Waals surface area contributed by atoms with Crippen LogP contribution in [0.3, 0.4) is 0 Å². The second-order valence-corrected chi connectivity index (χ2v) is 9.44. The van der Waals surface area contributed by atoms with Gasteiger partial charge in [-0.05, 0) is 39.7 Å². The van der Waals surface area contributed by atoms with Crippen molar-refractivity contribution in [2.75, 3.05) is 20.2 Å². The molecule has 1 amide bonds. The van der Waals surface area contributed by atoms with Gasteiger partial charge < -0.3 is 14.4 Å². The Morgan fingerprint density at radius 2 is 1.65 bits per heavy atom. The van der Waals surface area contributed by atoms with Gasteiger partial charge in [0.1, 0.15) is 18.3 Å². The SMILES string of the molecule is COc1ccc2c(n1)[nH]c(=O)n2C1CCN(C(=O)OC(C)(C)C)CC1.O=C(n1ccnc1)n1ccnc1. The largest absolute Gasteiger partial charge is 0.481 e. The number of carbonyl (C=O) groups excluding carboxylic acids is 2. The summed E-state index contributed by atoms with van der Waals surface area (Å²) in [5.74, 6) is 0.459. The van der Waals surface area contributed by atoms with Gasteiger partial charge in [-0.1, -0.05) is 0 Å². The molecule has 0 aromatic carbocycles. The van der Waals surface area contributed by atoms with Gasteiger partial charge in [-0.15, -0.1) is 0 Å². The molecule has 0 unspecified atom stereocenters. The molecule has 37 heavy (non-hydrogen) atoms. The number of ether oxygens (including phenoxy) is 2. The Bertz CT molecular complexity index is 1360. The summed E-state index contributed by atoms with van der Waals surface area (Å²) in [5.41, 5.74) is 0.568. The van der Waals surface area contributed by atoms with E-state index in [1.54, 1.807) is 40.3 Å². The molecular formula is C24H30N8O5. The first kappa shape index (κ1) is 25.7. The molecule has 0 atom stereocenters. The lowest BCUT2D eigenvalue weighted by molar-refractivity contribution is 0.0189. The van der Waals surface area contributed by atoms with Crippen molar-refractivity contribution in [3.63, 3.8) is 0 Å². The molecule has 4 aromatic heterocycles. The van der Waals surface area contributed by atoms with Crippen molar-refractivity contribution >= 4 is 23.3 Å². The fourth-order valence-corrected chi connectivity index (χ4v) is 3.98. The van der Waals surface area contributed by atoms with Crippen LogP contribution in [-0.2, 0) is 4.74 Å². The summed E-state index contributed by atoms with van der Waals surface area (Å²) in [5, 5.41) is 0. The Kier molecular flexibility index (Phi) is 7.41. The number of hydrogen-bond acceptors (Lipinski definition) is 8. The number of H-pyrrole nitrogens is 1. The highest BCUT2D eigenvalue weighted by Crippen LogP contribution is 2.26. The van der Waals surface area contributed by atoms with Crippen LogP contribution in [0.4, 0.5) is 9.59 Å². The fraction of sp³-hybridized carbons (Fsp3) is 0.417. The van der Waals surface area contributed by atoms with Crippen LogP contribution in [0.1, 0.15) is 39.7 Å². The van der Waals surface area contributed by atoms with Crippen LogP contribution in [-0.4, -0.2) is 76.5 Å². The molecule has 196 valence electrons. The standard InChI is InChI=1S/C17H24N4O4.C7H6N4O/c1-17(2,3)25-16(23)20-9-7-11(8-10-20)21-12-5-6-13(24-4)18-14(12)19-15(21)22;12-7(10-3-1-8-5-10)11-4-2-9-6-11/h5-6,11H,7-10H2,1-4H3,(H,18,19,22);1-6H. The summed E-state index contributed by atoms with van der Waals surface area (Å²) < 4.78 is 15.0. The highest BCUT2D eigenvalue weighted by molar-refractivity contribution is 5.78. The molecule has 0 saturated carbocycles. The normalized spacial score (nSPS) is 14.2. The van der Waals surface area contributed by atoms with E-state index >= 15 is 0 Å². The number of amides is 1. The lowest BCUT2D eigenvalue weighted by Gasteiger charge is -2.33. The Morgan fingerprint density at radius 1 is 1.03 bits per heavy atom. The molecule has 0 bridgehead atoms. The summed E-state index contributed by atoms with van der Waals surface area (Å²) in [4.78, 5) is 52.2. The van der Waals surface area contributed by atoms with E-state index in [1.165, 1.54) is 28.9 Å². The van der Waals surface area contributed by atoms with E-state index < -0.39 is 5.60 Å². The van der Waals surface area contributed by atoms with Gasteiger partial charge in [0, 0.05) is 50.0 Å². The zero-order valence-corrected chi connectivity index (χ0v) is 21.2. The Labute approximate surface area is 212 Å². The molecular weight excluding hydrogens is 480 g/mol. The maximum absolute atomic E-state index is 12.4. The van der Waals surface area contributed by atoms with Crippen LogP contribution in [0.15, 0.2) is 54.4 Å². The number of rotatable bonds is 2. The quantitative estimate of drug-likeness (QED) is 0.434. The maximum Gasteiger partial charge on any atom is 0.410 e. The zero-order valence-electron chi connectivity index (χ0n) is 21.2. The van der Waals surface area contributed by atoms with E-state index in [0.717, 1.165) is 5.52 Å². The summed E-state index contributed by atoms with van der Waals surface area (Å²) in [6.07, 6.45) is 10.2. The van der Waals surface area contributed by atoms with E-state index in [4.69, 9.17) is 9.47 Å². The predicted molar refractivity (Wildman–Crippen MR) is 134 cm³/mol. The highest BCUT2D eigenvalue weighted by atomic mass is 16.6.